The molecule has 1 aliphatic carbocycles. The highest BCUT2D eigenvalue weighted by atomic mass is 35.5. The Balaban J connectivity index is 0.00000218. The number of nitrogens with zero attached hydrogens (tertiary/aromatic N) is 3. The Hall–Kier alpha value is -3.17. The molecule has 0 radical (unpaired) electrons. The van der Waals surface area contributed by atoms with Crippen molar-refractivity contribution in [2.24, 2.45) is 17.6 Å². The molecule has 5 rings (SSSR count). The molecule has 1 aliphatic heterocycles. The highest BCUT2D eigenvalue weighted by Crippen LogP contribution is 2.45. The Kier molecular flexibility index (Phi) is 4.67. The standard InChI is InChI=1S/C20H17FN4O4.ClH/c21-15-5-11-17(27)14(20(28)29)8-25(9-1-3-10(26)4-2-9)18(11)23-19(15)24-6-12-13(7-24)16(12)22;/h1-5,8,12-13,16,26H,6-7,22H2,(H,28,29);1H/t12-,13+,16?;. The molecule has 1 unspecified atom stereocenters. The van der Waals surface area contributed by atoms with Crippen molar-refractivity contribution in [2.45, 2.75) is 6.04 Å². The van der Waals surface area contributed by atoms with Crippen LogP contribution in [0.3, 0.4) is 0 Å². The van der Waals surface area contributed by atoms with Crippen LogP contribution in [0.5, 0.6) is 5.75 Å². The molecule has 1 aromatic carbocycles. The minimum atomic E-state index is -1.41. The van der Waals surface area contributed by atoms with Crippen LogP contribution in [0, 0.1) is 17.7 Å². The minimum Gasteiger partial charge on any atom is -0.508 e. The summed E-state index contributed by atoms with van der Waals surface area (Å²) in [4.78, 5) is 30.4. The Morgan fingerprint density at radius 3 is 2.43 bits per heavy atom. The van der Waals surface area contributed by atoms with Crippen molar-refractivity contribution in [3.63, 3.8) is 0 Å². The Morgan fingerprint density at radius 2 is 1.83 bits per heavy atom. The highest BCUT2D eigenvalue weighted by molar-refractivity contribution is 5.92. The first-order chi connectivity index (χ1) is 13.8. The van der Waals surface area contributed by atoms with Gasteiger partial charge in [0.05, 0.1) is 5.39 Å². The average Bonchev–Trinajstić information content (AvgIpc) is 3.10. The van der Waals surface area contributed by atoms with Crippen molar-refractivity contribution in [3.05, 3.63) is 58.1 Å². The summed E-state index contributed by atoms with van der Waals surface area (Å²) in [6.07, 6.45) is 1.17. The van der Waals surface area contributed by atoms with Gasteiger partial charge in [-0.2, -0.15) is 0 Å². The molecule has 3 atom stereocenters. The molecule has 1 saturated heterocycles. The maximum absolute atomic E-state index is 14.8. The molecule has 8 nitrogen and oxygen atoms in total. The molecule has 1 saturated carbocycles. The van der Waals surface area contributed by atoms with Gasteiger partial charge in [-0.1, -0.05) is 0 Å². The first-order valence-electron chi connectivity index (χ1n) is 9.14. The number of nitrogens with two attached hydrogens (primary N) is 1. The fourth-order valence-corrected chi connectivity index (χ4v) is 4.14. The molecule has 3 heterocycles. The van der Waals surface area contributed by atoms with Gasteiger partial charge < -0.3 is 25.4 Å². The average molecular weight is 433 g/mol. The lowest BCUT2D eigenvalue weighted by Gasteiger charge is -2.22. The van der Waals surface area contributed by atoms with E-state index in [1.807, 2.05) is 4.90 Å². The third kappa shape index (κ3) is 2.98. The Labute approximate surface area is 175 Å². The summed E-state index contributed by atoms with van der Waals surface area (Å²) in [5.41, 5.74) is 5.29. The van der Waals surface area contributed by atoms with Crippen molar-refractivity contribution in [3.8, 4) is 11.4 Å². The molecule has 0 spiro atoms. The van der Waals surface area contributed by atoms with Crippen LogP contribution in [0.1, 0.15) is 10.4 Å². The van der Waals surface area contributed by atoms with Crippen LogP contribution < -0.4 is 16.1 Å². The second-order valence-corrected chi connectivity index (χ2v) is 7.54. The van der Waals surface area contributed by atoms with Crippen molar-refractivity contribution in [1.29, 1.82) is 0 Å². The van der Waals surface area contributed by atoms with Crippen molar-refractivity contribution >= 4 is 35.2 Å². The lowest BCUT2D eigenvalue weighted by Crippen LogP contribution is -2.30. The van der Waals surface area contributed by atoms with E-state index in [1.165, 1.54) is 22.9 Å². The summed E-state index contributed by atoms with van der Waals surface area (Å²) in [5.74, 6) is -1.30. The van der Waals surface area contributed by atoms with E-state index in [0.717, 1.165) is 6.07 Å². The van der Waals surface area contributed by atoms with Crippen LogP contribution in [0.15, 0.2) is 41.3 Å². The number of carbonyl (C=O) groups is 1. The van der Waals surface area contributed by atoms with Gasteiger partial charge in [-0.05, 0) is 42.2 Å². The van der Waals surface area contributed by atoms with Gasteiger partial charge in [0.15, 0.2) is 17.3 Å². The molecule has 2 fully saturated rings. The second-order valence-electron chi connectivity index (χ2n) is 7.54. The summed E-state index contributed by atoms with van der Waals surface area (Å²) >= 11 is 0. The molecule has 30 heavy (non-hydrogen) atoms. The number of fused-ring (bicyclic) bond motifs is 2. The molecular formula is C20H18ClFN4O4. The zero-order valence-electron chi connectivity index (χ0n) is 15.5. The maximum Gasteiger partial charge on any atom is 0.341 e. The molecule has 4 N–H and O–H groups in total. The van der Waals surface area contributed by atoms with Gasteiger partial charge in [0, 0.05) is 31.0 Å². The van der Waals surface area contributed by atoms with Crippen LogP contribution in [-0.4, -0.2) is 44.9 Å². The number of halogens is 2. The molecule has 3 aromatic rings. The fourth-order valence-electron chi connectivity index (χ4n) is 4.14. The molecule has 10 heteroatoms. The van der Waals surface area contributed by atoms with Gasteiger partial charge in [-0.15, -0.1) is 12.4 Å². The number of anilines is 1. The van der Waals surface area contributed by atoms with Gasteiger partial charge in [-0.25, -0.2) is 14.2 Å². The van der Waals surface area contributed by atoms with E-state index in [4.69, 9.17) is 5.73 Å². The Bertz CT molecular complexity index is 1220. The molecule has 0 bridgehead atoms. The second kappa shape index (κ2) is 6.96. The molecule has 0 amide bonds. The monoisotopic (exact) mass is 432 g/mol. The van der Waals surface area contributed by atoms with Gasteiger partial charge >= 0.3 is 5.97 Å². The highest BCUT2D eigenvalue weighted by Gasteiger charge is 2.54. The van der Waals surface area contributed by atoms with E-state index in [-0.39, 0.29) is 41.0 Å². The zero-order chi connectivity index (χ0) is 20.4. The molecule has 156 valence electrons. The van der Waals surface area contributed by atoms with Crippen molar-refractivity contribution in [2.75, 3.05) is 18.0 Å². The number of aromatic carboxylic acids is 1. The summed E-state index contributed by atoms with van der Waals surface area (Å²) in [7, 11) is 0. The fraction of sp³-hybridized carbons (Fsp3) is 0.250. The predicted molar refractivity (Wildman–Crippen MR) is 110 cm³/mol. The van der Waals surface area contributed by atoms with Crippen LogP contribution in [0.25, 0.3) is 16.7 Å². The summed E-state index contributed by atoms with van der Waals surface area (Å²) in [6.45, 7) is 1.19. The van der Waals surface area contributed by atoms with Gasteiger partial charge in [0.25, 0.3) is 0 Å². The number of phenolic OH excluding ortho intramolecular Hbond substituents is 1. The van der Waals surface area contributed by atoms with Gasteiger partial charge in [-0.3, -0.25) is 4.79 Å². The van der Waals surface area contributed by atoms with Crippen LogP contribution in [0.4, 0.5) is 10.2 Å². The third-order valence-corrected chi connectivity index (χ3v) is 5.83. The van der Waals surface area contributed by atoms with Gasteiger partial charge in [0.2, 0.25) is 5.43 Å². The topological polar surface area (TPSA) is 122 Å². The number of hydrogen-bond acceptors (Lipinski definition) is 6. The summed E-state index contributed by atoms with van der Waals surface area (Å²) in [5, 5.41) is 18.8. The van der Waals surface area contributed by atoms with E-state index >= 15 is 0 Å². The number of rotatable bonds is 3. The number of benzene rings is 1. The first kappa shape index (κ1) is 20.1. The largest absolute Gasteiger partial charge is 0.508 e. The number of aromatic nitrogens is 2. The predicted octanol–water partition coefficient (Wildman–Crippen LogP) is 1.74. The number of piperidine rings is 1. The van der Waals surface area contributed by atoms with E-state index in [0.29, 0.717) is 30.6 Å². The SMILES string of the molecule is Cl.NC1[C@H]2CN(c3nc4c(cc3F)c(=O)c(C(=O)O)cn4-c3ccc(O)cc3)C[C@@H]12. The Morgan fingerprint density at radius 1 is 1.20 bits per heavy atom. The lowest BCUT2D eigenvalue weighted by atomic mass is 10.1. The summed E-state index contributed by atoms with van der Waals surface area (Å²) in [6, 6.07) is 7.16. The van der Waals surface area contributed by atoms with Crippen molar-refractivity contribution in [1.82, 2.24) is 9.55 Å². The van der Waals surface area contributed by atoms with Crippen LogP contribution in [0.2, 0.25) is 0 Å². The lowest BCUT2D eigenvalue weighted by molar-refractivity contribution is 0.0695. The quantitative estimate of drug-likeness (QED) is 0.576. The zero-order valence-corrected chi connectivity index (χ0v) is 16.3. The van der Waals surface area contributed by atoms with Crippen LogP contribution >= 0.6 is 12.4 Å². The normalized spacial score (nSPS) is 21.9. The smallest absolute Gasteiger partial charge is 0.341 e. The number of phenols is 1. The van der Waals surface area contributed by atoms with Crippen LogP contribution in [-0.2, 0) is 0 Å². The summed E-state index contributed by atoms with van der Waals surface area (Å²) < 4.78 is 16.3. The number of aromatic hydroxyl groups is 1. The number of carboxylic acids is 1. The van der Waals surface area contributed by atoms with E-state index in [9.17, 15) is 24.2 Å². The minimum absolute atomic E-state index is 0. The first-order valence-corrected chi connectivity index (χ1v) is 9.14. The number of carboxylic acid groups (broad SMARTS) is 1. The molecular weight excluding hydrogens is 415 g/mol. The molecule has 2 aliphatic rings. The third-order valence-electron chi connectivity index (χ3n) is 5.83. The van der Waals surface area contributed by atoms with Crippen molar-refractivity contribution < 1.29 is 19.4 Å². The number of hydrogen-bond donors (Lipinski definition) is 3. The maximum atomic E-state index is 14.8. The van der Waals surface area contributed by atoms with E-state index < -0.39 is 22.8 Å². The van der Waals surface area contributed by atoms with Gasteiger partial charge in [0.1, 0.15) is 11.3 Å². The van der Waals surface area contributed by atoms with E-state index in [2.05, 4.69) is 4.98 Å². The number of pyridine rings is 2. The van der Waals surface area contributed by atoms with E-state index in [1.54, 1.807) is 12.1 Å². The molecule has 2 aromatic heterocycles.